The third-order valence-electron chi connectivity index (χ3n) is 7.66. The number of Topliss-reactive ketones (excluding diaryl/α,β-unsaturated/α-hetero) is 1. The Morgan fingerprint density at radius 1 is 1.22 bits per heavy atom. The van der Waals surface area contributed by atoms with Crippen LogP contribution in [0, 0.1) is 24.2 Å². The average Bonchev–Trinajstić information content (AvgIpc) is 3.22. The molecule has 2 aromatic rings. The van der Waals surface area contributed by atoms with Gasteiger partial charge in [0.05, 0.1) is 24.0 Å². The number of oxazole rings is 1. The Balaban J connectivity index is 1.93. The lowest BCUT2D eigenvalue weighted by Crippen LogP contribution is -2.46. The van der Waals surface area contributed by atoms with E-state index in [1.54, 1.807) is 26.8 Å². The van der Waals surface area contributed by atoms with E-state index in [2.05, 4.69) is 17.6 Å². The molecule has 7 heteroatoms. The highest BCUT2D eigenvalue weighted by Gasteiger charge is 2.43. The summed E-state index contributed by atoms with van der Waals surface area (Å²) >= 11 is 0. The minimum atomic E-state index is -1.27. The van der Waals surface area contributed by atoms with Gasteiger partial charge < -0.3 is 19.4 Å². The lowest BCUT2D eigenvalue weighted by atomic mass is 9.71. The molecule has 3 rings (SSSR count). The van der Waals surface area contributed by atoms with Crippen molar-refractivity contribution < 1.29 is 29.0 Å². The van der Waals surface area contributed by atoms with Crippen molar-refractivity contribution in [3.63, 3.8) is 0 Å². The van der Waals surface area contributed by atoms with Gasteiger partial charge in [-0.2, -0.15) is 0 Å². The summed E-state index contributed by atoms with van der Waals surface area (Å²) in [5, 5.41) is 22.1. The van der Waals surface area contributed by atoms with Gasteiger partial charge in [0.1, 0.15) is 17.4 Å². The van der Waals surface area contributed by atoms with E-state index in [0.29, 0.717) is 29.8 Å². The van der Waals surface area contributed by atoms with Gasteiger partial charge in [0, 0.05) is 19.3 Å². The molecule has 0 aliphatic carbocycles. The van der Waals surface area contributed by atoms with Crippen LogP contribution in [0.15, 0.2) is 46.9 Å². The number of fused-ring (bicyclic) bond motifs is 1. The number of esters is 1. The van der Waals surface area contributed by atoms with Crippen molar-refractivity contribution >= 4 is 22.9 Å². The highest BCUT2D eigenvalue weighted by atomic mass is 16.5. The monoisotopic (exact) mass is 511 g/mol. The molecule has 1 aromatic carbocycles. The Labute approximate surface area is 219 Å². The van der Waals surface area contributed by atoms with Crippen LogP contribution in [-0.4, -0.2) is 39.2 Å². The maximum absolute atomic E-state index is 13.5. The number of allylic oxidation sites excluding steroid dienone is 2. The van der Waals surface area contributed by atoms with E-state index in [-0.39, 0.29) is 18.1 Å². The van der Waals surface area contributed by atoms with Crippen LogP contribution >= 0.6 is 0 Å². The normalized spacial score (nSPS) is 29.9. The predicted molar refractivity (Wildman–Crippen MR) is 143 cm³/mol. The smallest absolute Gasteiger partial charge is 0.309 e. The Hall–Kier alpha value is -2.77. The number of nitrogens with zero attached hydrogens (tertiary/aromatic N) is 1. The summed E-state index contributed by atoms with van der Waals surface area (Å²) in [5.41, 5.74) is 2.04. The third-order valence-corrected chi connectivity index (χ3v) is 7.66. The molecule has 0 spiro atoms. The first-order valence-electron chi connectivity index (χ1n) is 13.2. The van der Waals surface area contributed by atoms with E-state index in [1.165, 1.54) is 0 Å². The minimum Gasteiger partial charge on any atom is -0.457 e. The van der Waals surface area contributed by atoms with Crippen molar-refractivity contribution in [2.45, 2.75) is 91.5 Å². The molecule has 1 aliphatic rings. The summed E-state index contributed by atoms with van der Waals surface area (Å²) < 4.78 is 11.5. The molecule has 1 aromatic heterocycles. The zero-order valence-corrected chi connectivity index (χ0v) is 22.7. The largest absolute Gasteiger partial charge is 0.457 e. The molecule has 0 fully saturated rings. The number of rotatable bonds is 3. The summed E-state index contributed by atoms with van der Waals surface area (Å²) in [7, 11) is 0. The number of aromatic nitrogens is 1. The summed E-state index contributed by atoms with van der Waals surface area (Å²) in [6, 6.07) is 5.54. The number of carbonyl (C=O) groups excluding carboxylic acids is 2. The maximum atomic E-state index is 13.5. The van der Waals surface area contributed by atoms with Crippen LogP contribution in [0.3, 0.4) is 0 Å². The Morgan fingerprint density at radius 2 is 1.95 bits per heavy atom. The summed E-state index contributed by atoms with van der Waals surface area (Å²) in [4.78, 5) is 31.0. The van der Waals surface area contributed by atoms with Crippen molar-refractivity contribution in [3.05, 3.63) is 54.0 Å². The SMILES string of the molecule is C=CC[C@H]1C(=O)C(C)(C)[C@@H](O)CC(=O)OC(c2ccc3oc(C)nc3c2)C/C=C(\C)CCC[C@H](C)[C@@H]1O. The standard InChI is InChI=1S/C30H41NO6/c1-7-9-22-28(34)19(3)11-8-10-18(2)12-14-24(21-13-15-25-23(16-21)31-20(4)36-25)37-27(33)17-26(32)30(5,6)29(22)35/h7,12-13,15-16,19,22,24,26,28,32,34H,1,8-11,14,17H2,2-6H3/b18-12+/t19-,22+,24?,26-,28-/m0/s1. The van der Waals surface area contributed by atoms with Crippen molar-refractivity contribution in [1.82, 2.24) is 4.98 Å². The number of aryl methyl sites for hydroxylation is 1. The molecule has 2 N–H and O–H groups in total. The molecule has 1 unspecified atom stereocenters. The van der Waals surface area contributed by atoms with Gasteiger partial charge in [0.15, 0.2) is 11.5 Å². The van der Waals surface area contributed by atoms with Crippen LogP contribution in [-0.2, 0) is 14.3 Å². The summed E-state index contributed by atoms with van der Waals surface area (Å²) in [6.45, 7) is 12.8. The lowest BCUT2D eigenvalue weighted by Gasteiger charge is -2.35. The van der Waals surface area contributed by atoms with Gasteiger partial charge in [-0.05, 0) is 56.2 Å². The molecule has 0 bridgehead atoms. The van der Waals surface area contributed by atoms with E-state index in [0.717, 1.165) is 30.4 Å². The molecule has 7 nitrogen and oxygen atoms in total. The van der Waals surface area contributed by atoms with Gasteiger partial charge in [-0.3, -0.25) is 9.59 Å². The van der Waals surface area contributed by atoms with Crippen molar-refractivity contribution in [1.29, 1.82) is 0 Å². The fourth-order valence-corrected chi connectivity index (χ4v) is 5.04. The second-order valence-corrected chi connectivity index (χ2v) is 11.0. The molecule has 2 heterocycles. The minimum absolute atomic E-state index is 0.0992. The van der Waals surface area contributed by atoms with Crippen molar-refractivity contribution in [3.8, 4) is 0 Å². The number of ether oxygens (including phenoxy) is 1. The highest BCUT2D eigenvalue weighted by Crippen LogP contribution is 2.35. The number of benzene rings is 1. The van der Waals surface area contributed by atoms with Gasteiger partial charge in [0.2, 0.25) is 0 Å². The number of hydrogen-bond donors (Lipinski definition) is 2. The quantitative estimate of drug-likeness (QED) is 0.397. The van der Waals surface area contributed by atoms with E-state index < -0.39 is 35.6 Å². The highest BCUT2D eigenvalue weighted by molar-refractivity contribution is 5.88. The molecule has 0 radical (unpaired) electrons. The molecular formula is C30H41NO6. The van der Waals surface area contributed by atoms with E-state index in [4.69, 9.17) is 9.15 Å². The van der Waals surface area contributed by atoms with Crippen LogP contribution in [0.4, 0.5) is 0 Å². The number of aliphatic hydroxyl groups is 2. The molecule has 37 heavy (non-hydrogen) atoms. The van der Waals surface area contributed by atoms with Gasteiger partial charge in [-0.25, -0.2) is 4.98 Å². The first-order chi connectivity index (χ1) is 17.4. The fourth-order valence-electron chi connectivity index (χ4n) is 5.04. The molecule has 202 valence electrons. The first kappa shape index (κ1) is 28.8. The van der Waals surface area contributed by atoms with E-state index in [1.807, 2.05) is 32.0 Å². The van der Waals surface area contributed by atoms with Gasteiger partial charge >= 0.3 is 5.97 Å². The third kappa shape index (κ3) is 6.96. The second kappa shape index (κ2) is 12.2. The number of cyclic esters (lactones) is 1. The zero-order valence-electron chi connectivity index (χ0n) is 22.7. The predicted octanol–water partition coefficient (Wildman–Crippen LogP) is 5.78. The molecule has 0 amide bonds. The molecule has 0 saturated heterocycles. The fraction of sp³-hybridized carbons (Fsp3) is 0.567. The molecular weight excluding hydrogens is 470 g/mol. The number of carbonyl (C=O) groups is 2. The molecule has 5 atom stereocenters. The average molecular weight is 512 g/mol. The van der Waals surface area contributed by atoms with Crippen LogP contribution in [0.5, 0.6) is 0 Å². The molecule has 0 saturated carbocycles. The van der Waals surface area contributed by atoms with Gasteiger partial charge in [-0.1, -0.05) is 44.6 Å². The number of aliphatic hydroxyl groups excluding tert-OH is 2. The first-order valence-corrected chi connectivity index (χ1v) is 13.2. The van der Waals surface area contributed by atoms with Crippen LogP contribution in [0.2, 0.25) is 0 Å². The lowest BCUT2D eigenvalue weighted by molar-refractivity contribution is -0.156. The summed E-state index contributed by atoms with van der Waals surface area (Å²) in [6.07, 6.45) is 3.89. The second-order valence-electron chi connectivity index (χ2n) is 11.0. The van der Waals surface area contributed by atoms with Crippen LogP contribution in [0.25, 0.3) is 11.1 Å². The van der Waals surface area contributed by atoms with Gasteiger partial charge in [0.25, 0.3) is 0 Å². The zero-order chi connectivity index (χ0) is 27.3. The summed E-state index contributed by atoms with van der Waals surface area (Å²) in [5.74, 6) is -1.12. The Kier molecular flexibility index (Phi) is 9.48. The van der Waals surface area contributed by atoms with Crippen LogP contribution in [0.1, 0.15) is 83.8 Å². The van der Waals surface area contributed by atoms with E-state index in [9.17, 15) is 19.8 Å². The molecule has 1 aliphatic heterocycles. The topological polar surface area (TPSA) is 110 Å². The van der Waals surface area contributed by atoms with Crippen molar-refractivity contribution in [2.24, 2.45) is 17.3 Å². The van der Waals surface area contributed by atoms with E-state index >= 15 is 0 Å². The van der Waals surface area contributed by atoms with Crippen molar-refractivity contribution in [2.75, 3.05) is 0 Å². The Morgan fingerprint density at radius 3 is 2.65 bits per heavy atom. The Bertz CT molecular complexity index is 1150. The maximum Gasteiger partial charge on any atom is 0.309 e. The van der Waals surface area contributed by atoms with Crippen LogP contribution < -0.4 is 0 Å². The number of hydrogen-bond acceptors (Lipinski definition) is 7. The van der Waals surface area contributed by atoms with Gasteiger partial charge in [-0.15, -0.1) is 6.58 Å². The number of ketones is 1.